The minimum Gasteiger partial charge on any atom is -0.456 e. The third-order valence-corrected chi connectivity index (χ3v) is 1.24. The molecule has 0 rings (SSSR count). The van der Waals surface area contributed by atoms with Crippen LogP contribution in [0.25, 0.3) is 0 Å². The van der Waals surface area contributed by atoms with E-state index in [9.17, 15) is 4.79 Å². The van der Waals surface area contributed by atoms with Gasteiger partial charge in [-0.2, -0.15) is 0 Å². The molecule has 0 aromatic carbocycles. The van der Waals surface area contributed by atoms with Gasteiger partial charge < -0.3 is 18.9 Å². The zero-order valence-electron chi connectivity index (χ0n) is 9.08. The first-order chi connectivity index (χ1) is 7.31. The highest BCUT2D eigenvalue weighted by Gasteiger charge is 1.91. The Morgan fingerprint density at radius 1 is 1.27 bits per heavy atom. The van der Waals surface area contributed by atoms with Gasteiger partial charge in [-0.05, 0) is 6.92 Å². The van der Waals surface area contributed by atoms with Crippen molar-refractivity contribution >= 4 is 5.97 Å². The Balaban J connectivity index is 3.26. The second-order valence-corrected chi connectivity index (χ2v) is 2.39. The summed E-state index contributed by atoms with van der Waals surface area (Å²) in [7, 11) is 1.59. The van der Waals surface area contributed by atoms with Crippen LogP contribution >= 0.6 is 0 Å². The van der Waals surface area contributed by atoms with Crippen molar-refractivity contribution in [3.8, 4) is 11.8 Å². The molecule has 0 aliphatic rings. The molecule has 5 heteroatoms. The summed E-state index contributed by atoms with van der Waals surface area (Å²) in [4.78, 5) is 10.7. The van der Waals surface area contributed by atoms with Crippen molar-refractivity contribution in [1.29, 1.82) is 0 Å². The van der Waals surface area contributed by atoms with Crippen LogP contribution in [0.4, 0.5) is 0 Å². The number of carbonyl (C=O) groups excluding carboxylic acids is 1. The van der Waals surface area contributed by atoms with Gasteiger partial charge >= 0.3 is 5.97 Å². The van der Waals surface area contributed by atoms with Crippen LogP contribution in [0, 0.1) is 11.8 Å². The van der Waals surface area contributed by atoms with E-state index in [-0.39, 0.29) is 13.4 Å². The van der Waals surface area contributed by atoms with Crippen molar-refractivity contribution < 1.29 is 23.7 Å². The Morgan fingerprint density at radius 2 is 2.07 bits per heavy atom. The lowest BCUT2D eigenvalue weighted by molar-refractivity contribution is -0.136. The van der Waals surface area contributed by atoms with Crippen molar-refractivity contribution in [2.24, 2.45) is 0 Å². The summed E-state index contributed by atoms with van der Waals surface area (Å²) in [6.07, 6.45) is 0. The second-order valence-electron chi connectivity index (χ2n) is 2.39. The Labute approximate surface area is 89.6 Å². The van der Waals surface area contributed by atoms with E-state index in [1.54, 1.807) is 14.0 Å². The molecular formula is C10H16O5. The van der Waals surface area contributed by atoms with Gasteiger partial charge in [0.2, 0.25) is 0 Å². The molecule has 0 heterocycles. The van der Waals surface area contributed by atoms with E-state index in [1.165, 1.54) is 0 Å². The predicted molar refractivity (Wildman–Crippen MR) is 53.1 cm³/mol. The molecule has 0 aromatic rings. The van der Waals surface area contributed by atoms with Crippen molar-refractivity contribution in [1.82, 2.24) is 0 Å². The second kappa shape index (κ2) is 11.0. The molecule has 0 saturated carbocycles. The highest BCUT2D eigenvalue weighted by molar-refractivity contribution is 5.88. The fraction of sp³-hybridized carbons (Fsp3) is 0.700. The maximum atomic E-state index is 10.7. The van der Waals surface area contributed by atoms with Crippen LogP contribution in [-0.2, 0) is 23.7 Å². The van der Waals surface area contributed by atoms with E-state index in [0.29, 0.717) is 19.8 Å². The average Bonchev–Trinajstić information content (AvgIpc) is 2.22. The molecule has 0 bridgehead atoms. The lowest BCUT2D eigenvalue weighted by Crippen LogP contribution is -2.06. The Hall–Kier alpha value is -1.09. The summed E-state index contributed by atoms with van der Waals surface area (Å²) in [5.41, 5.74) is 0. The van der Waals surface area contributed by atoms with E-state index >= 15 is 0 Å². The lowest BCUT2D eigenvalue weighted by atomic mass is 10.6. The van der Waals surface area contributed by atoms with Crippen LogP contribution in [0.1, 0.15) is 6.92 Å². The molecule has 0 fully saturated rings. The standard InChI is InChI=1S/C10H16O5/c1-3-15-10(11)5-4-6-13-9-14-8-7-12-2/h3,6-9H2,1-2H3. The van der Waals surface area contributed by atoms with E-state index in [2.05, 4.69) is 16.6 Å². The third kappa shape index (κ3) is 10.8. The molecule has 0 aliphatic carbocycles. The number of esters is 1. The molecule has 0 aromatic heterocycles. The van der Waals surface area contributed by atoms with Crippen LogP contribution in [-0.4, -0.2) is 46.3 Å². The number of hydrogen-bond donors (Lipinski definition) is 0. The number of ether oxygens (including phenoxy) is 4. The molecule has 0 aliphatic heterocycles. The molecule has 0 unspecified atom stereocenters. The average molecular weight is 216 g/mol. The summed E-state index contributed by atoms with van der Waals surface area (Å²) in [5.74, 6) is 4.23. The van der Waals surface area contributed by atoms with E-state index in [4.69, 9.17) is 14.2 Å². The molecule has 0 atom stereocenters. The molecule has 15 heavy (non-hydrogen) atoms. The molecular weight excluding hydrogens is 200 g/mol. The monoisotopic (exact) mass is 216 g/mol. The van der Waals surface area contributed by atoms with Gasteiger partial charge in [0.1, 0.15) is 13.4 Å². The summed E-state index contributed by atoms with van der Waals surface area (Å²) in [6, 6.07) is 0. The fourth-order valence-electron chi connectivity index (χ4n) is 0.628. The first-order valence-electron chi connectivity index (χ1n) is 4.61. The summed E-state index contributed by atoms with van der Waals surface area (Å²) in [6.45, 7) is 3.33. The molecule has 0 saturated heterocycles. The zero-order valence-corrected chi connectivity index (χ0v) is 9.08. The molecule has 0 spiro atoms. The number of methoxy groups -OCH3 is 1. The van der Waals surface area contributed by atoms with Gasteiger partial charge in [0, 0.05) is 13.0 Å². The third-order valence-electron chi connectivity index (χ3n) is 1.24. The molecule has 5 nitrogen and oxygen atoms in total. The zero-order chi connectivity index (χ0) is 11.4. The lowest BCUT2D eigenvalue weighted by Gasteiger charge is -2.01. The van der Waals surface area contributed by atoms with Crippen LogP contribution in [0.5, 0.6) is 0 Å². The molecule has 86 valence electrons. The van der Waals surface area contributed by atoms with Gasteiger partial charge in [-0.3, -0.25) is 0 Å². The SMILES string of the molecule is CCOC(=O)C#CCOCOCCOC. The number of hydrogen-bond acceptors (Lipinski definition) is 5. The fourth-order valence-corrected chi connectivity index (χ4v) is 0.628. The van der Waals surface area contributed by atoms with E-state index < -0.39 is 5.97 Å². The first-order valence-corrected chi connectivity index (χ1v) is 4.61. The van der Waals surface area contributed by atoms with Gasteiger partial charge in [-0.1, -0.05) is 5.92 Å². The highest BCUT2D eigenvalue weighted by Crippen LogP contribution is 1.79. The number of carbonyl (C=O) groups is 1. The van der Waals surface area contributed by atoms with Crippen LogP contribution in [0.15, 0.2) is 0 Å². The van der Waals surface area contributed by atoms with Crippen molar-refractivity contribution in [3.63, 3.8) is 0 Å². The first kappa shape index (κ1) is 13.9. The smallest absolute Gasteiger partial charge is 0.384 e. The van der Waals surface area contributed by atoms with Gasteiger partial charge in [0.25, 0.3) is 0 Å². The molecule has 0 N–H and O–H groups in total. The van der Waals surface area contributed by atoms with Gasteiger partial charge in [-0.25, -0.2) is 4.79 Å². The molecule has 0 amide bonds. The summed E-state index contributed by atoms with van der Waals surface area (Å²) >= 11 is 0. The maximum absolute atomic E-state index is 10.7. The predicted octanol–water partition coefficient (Wildman–Crippen LogP) is 0.190. The summed E-state index contributed by atoms with van der Waals surface area (Å²) < 4.78 is 19.3. The van der Waals surface area contributed by atoms with Gasteiger partial charge in [0.15, 0.2) is 0 Å². The van der Waals surface area contributed by atoms with Crippen LogP contribution < -0.4 is 0 Å². The largest absolute Gasteiger partial charge is 0.456 e. The quantitative estimate of drug-likeness (QED) is 0.200. The topological polar surface area (TPSA) is 54.0 Å². The van der Waals surface area contributed by atoms with Crippen molar-refractivity contribution in [3.05, 3.63) is 0 Å². The highest BCUT2D eigenvalue weighted by atomic mass is 16.7. The van der Waals surface area contributed by atoms with Gasteiger partial charge in [0.05, 0.1) is 19.8 Å². The van der Waals surface area contributed by atoms with Gasteiger partial charge in [-0.15, -0.1) is 0 Å². The Morgan fingerprint density at radius 3 is 2.73 bits per heavy atom. The maximum Gasteiger partial charge on any atom is 0.384 e. The van der Waals surface area contributed by atoms with Crippen molar-refractivity contribution in [2.45, 2.75) is 6.92 Å². The van der Waals surface area contributed by atoms with E-state index in [1.807, 2.05) is 0 Å². The molecule has 0 radical (unpaired) electrons. The number of rotatable bonds is 7. The van der Waals surface area contributed by atoms with Crippen LogP contribution in [0.2, 0.25) is 0 Å². The van der Waals surface area contributed by atoms with Crippen LogP contribution in [0.3, 0.4) is 0 Å². The normalized spacial score (nSPS) is 9.20. The summed E-state index contributed by atoms with van der Waals surface area (Å²) in [5, 5.41) is 0. The Kier molecular flexibility index (Phi) is 10.2. The minimum atomic E-state index is -0.540. The van der Waals surface area contributed by atoms with Crippen molar-refractivity contribution in [2.75, 3.05) is 40.3 Å². The van der Waals surface area contributed by atoms with E-state index in [0.717, 1.165) is 0 Å². The Bertz CT molecular complexity index is 216. The minimum absolute atomic E-state index is 0.140.